The van der Waals surface area contributed by atoms with Crippen LogP contribution in [0.5, 0.6) is 5.75 Å². The molecule has 23 heavy (non-hydrogen) atoms. The number of aliphatic hydroxyl groups is 1. The Morgan fingerprint density at radius 1 is 1.35 bits per heavy atom. The minimum absolute atomic E-state index is 0.187. The molecule has 0 saturated heterocycles. The molecule has 1 aromatic carbocycles. The molecule has 0 spiro atoms. The number of aliphatic hydroxyl groups excluding tert-OH is 1. The molecule has 0 bridgehead atoms. The van der Waals surface area contributed by atoms with Crippen LogP contribution in [0.3, 0.4) is 0 Å². The van der Waals surface area contributed by atoms with Gasteiger partial charge in [0, 0.05) is 4.83 Å². The van der Waals surface area contributed by atoms with Gasteiger partial charge < -0.3 is 9.84 Å². The van der Waals surface area contributed by atoms with Crippen molar-refractivity contribution in [3.63, 3.8) is 0 Å². The van der Waals surface area contributed by atoms with Crippen molar-refractivity contribution in [3.8, 4) is 5.75 Å². The molecule has 2 saturated carbocycles. The van der Waals surface area contributed by atoms with Crippen molar-refractivity contribution in [2.45, 2.75) is 56.4 Å². The van der Waals surface area contributed by atoms with Crippen molar-refractivity contribution in [1.82, 2.24) is 0 Å². The van der Waals surface area contributed by atoms with Gasteiger partial charge in [0.15, 0.2) is 0 Å². The van der Waals surface area contributed by atoms with Crippen LogP contribution in [0, 0.1) is 23.2 Å². The van der Waals surface area contributed by atoms with E-state index >= 15 is 0 Å². The highest BCUT2D eigenvalue weighted by Gasteiger charge is 2.58. The molecule has 7 atom stereocenters. The second kappa shape index (κ2) is 5.49. The van der Waals surface area contributed by atoms with E-state index in [2.05, 4.69) is 48.0 Å². The van der Waals surface area contributed by atoms with Gasteiger partial charge in [-0.3, -0.25) is 0 Å². The van der Waals surface area contributed by atoms with Gasteiger partial charge >= 0.3 is 0 Å². The summed E-state index contributed by atoms with van der Waals surface area (Å²) in [5.74, 6) is 3.64. The molecule has 1 N–H and O–H groups in total. The van der Waals surface area contributed by atoms with Crippen LogP contribution in [0.4, 0.5) is 0 Å². The summed E-state index contributed by atoms with van der Waals surface area (Å²) in [5.41, 5.74) is 3.28. The third-order valence-electron chi connectivity index (χ3n) is 7.18. The van der Waals surface area contributed by atoms with Gasteiger partial charge in [0.1, 0.15) is 5.75 Å². The first-order chi connectivity index (χ1) is 11.0. The topological polar surface area (TPSA) is 29.5 Å². The number of hydrogen-bond acceptors (Lipinski definition) is 2. The lowest BCUT2D eigenvalue weighted by atomic mass is 9.53. The maximum absolute atomic E-state index is 10.5. The van der Waals surface area contributed by atoms with Gasteiger partial charge in [-0.2, -0.15) is 0 Å². The Labute approximate surface area is 147 Å². The fraction of sp³-hybridized carbons (Fsp3) is 0.700. The van der Waals surface area contributed by atoms with E-state index in [-0.39, 0.29) is 16.3 Å². The Balaban J connectivity index is 1.73. The molecule has 0 amide bonds. The fourth-order valence-corrected chi connectivity index (χ4v) is 6.82. The normalized spacial score (nSPS) is 45.1. The molecule has 0 aromatic heterocycles. The van der Waals surface area contributed by atoms with Crippen LogP contribution in [0.1, 0.15) is 50.2 Å². The summed E-state index contributed by atoms with van der Waals surface area (Å²) in [7, 11) is 1.75. The van der Waals surface area contributed by atoms with E-state index in [9.17, 15) is 5.11 Å². The van der Waals surface area contributed by atoms with E-state index in [0.717, 1.165) is 18.6 Å². The minimum Gasteiger partial charge on any atom is -0.497 e. The van der Waals surface area contributed by atoms with Crippen LogP contribution in [-0.2, 0) is 6.42 Å². The first-order valence-corrected chi connectivity index (χ1v) is 9.86. The van der Waals surface area contributed by atoms with Crippen molar-refractivity contribution in [1.29, 1.82) is 0 Å². The standard InChI is InChI=1S/C20H27BrO2/c1-11-8-12-9-13(23-3)4-5-14(12)15-6-7-20(2)16(18(11)15)10-17(22)19(20)21/h4-5,9,11,15-19,22H,6-8,10H2,1-3H3/t11-,15-,16+,17+,18-,19-,20+/m1/s1. The van der Waals surface area contributed by atoms with Crippen molar-refractivity contribution in [2.75, 3.05) is 7.11 Å². The Bertz CT molecular complexity index is 616. The molecular weight excluding hydrogens is 352 g/mol. The number of fused-ring (bicyclic) bond motifs is 5. The molecular formula is C20H27BrO2. The average molecular weight is 379 g/mol. The number of hydrogen-bond donors (Lipinski definition) is 1. The zero-order chi connectivity index (χ0) is 16.4. The quantitative estimate of drug-likeness (QED) is 0.727. The molecule has 0 unspecified atom stereocenters. The molecule has 0 heterocycles. The Kier molecular flexibility index (Phi) is 3.81. The molecule has 2 fully saturated rings. The summed E-state index contributed by atoms with van der Waals surface area (Å²) >= 11 is 3.82. The summed E-state index contributed by atoms with van der Waals surface area (Å²) < 4.78 is 5.43. The highest BCUT2D eigenvalue weighted by atomic mass is 79.9. The second-order valence-corrected chi connectivity index (χ2v) is 9.27. The highest BCUT2D eigenvalue weighted by Crippen LogP contribution is 2.63. The lowest BCUT2D eigenvalue weighted by Crippen LogP contribution is -2.45. The Morgan fingerprint density at radius 2 is 2.13 bits per heavy atom. The van der Waals surface area contributed by atoms with Gasteiger partial charge in [-0.25, -0.2) is 0 Å². The van der Waals surface area contributed by atoms with Crippen molar-refractivity contribution in [2.24, 2.45) is 23.2 Å². The summed E-state index contributed by atoms with van der Waals surface area (Å²) in [6.07, 6.45) is 4.38. The smallest absolute Gasteiger partial charge is 0.119 e. The van der Waals surface area contributed by atoms with Crippen LogP contribution in [0.25, 0.3) is 0 Å². The number of ether oxygens (including phenoxy) is 1. The third-order valence-corrected chi connectivity index (χ3v) is 8.84. The molecule has 0 radical (unpaired) electrons. The SMILES string of the molecule is COc1ccc2c(c1)C[C@@H](C)[C@@H]1[C@@H]2CC[C@]2(C)[C@H](Br)[C@@H](O)C[C@@H]12. The number of alkyl halides is 1. The Morgan fingerprint density at radius 3 is 2.87 bits per heavy atom. The van der Waals surface area contributed by atoms with Gasteiger partial charge in [-0.05, 0) is 78.0 Å². The van der Waals surface area contributed by atoms with Gasteiger partial charge in [-0.1, -0.05) is 35.8 Å². The number of methoxy groups -OCH3 is 1. The van der Waals surface area contributed by atoms with E-state index in [4.69, 9.17) is 4.74 Å². The zero-order valence-electron chi connectivity index (χ0n) is 14.3. The van der Waals surface area contributed by atoms with Crippen LogP contribution >= 0.6 is 15.9 Å². The maximum atomic E-state index is 10.5. The monoisotopic (exact) mass is 378 g/mol. The molecule has 0 aliphatic heterocycles. The lowest BCUT2D eigenvalue weighted by molar-refractivity contribution is 0.0348. The van der Waals surface area contributed by atoms with Crippen LogP contribution in [0.2, 0.25) is 0 Å². The zero-order valence-corrected chi connectivity index (χ0v) is 15.8. The van der Waals surface area contributed by atoms with Gasteiger partial charge in [0.2, 0.25) is 0 Å². The maximum Gasteiger partial charge on any atom is 0.119 e. The molecule has 3 heteroatoms. The van der Waals surface area contributed by atoms with E-state index in [0.29, 0.717) is 23.7 Å². The lowest BCUT2D eigenvalue weighted by Gasteiger charge is -2.52. The van der Waals surface area contributed by atoms with Crippen molar-refractivity contribution < 1.29 is 9.84 Å². The molecule has 3 aliphatic rings. The first-order valence-electron chi connectivity index (χ1n) is 8.94. The highest BCUT2D eigenvalue weighted by molar-refractivity contribution is 9.09. The predicted octanol–water partition coefficient (Wildman–Crippen LogP) is 4.53. The van der Waals surface area contributed by atoms with Gasteiger partial charge in [0.25, 0.3) is 0 Å². The van der Waals surface area contributed by atoms with Crippen LogP contribution in [0.15, 0.2) is 18.2 Å². The van der Waals surface area contributed by atoms with Crippen molar-refractivity contribution in [3.05, 3.63) is 29.3 Å². The van der Waals surface area contributed by atoms with E-state index in [1.54, 1.807) is 12.7 Å². The summed E-state index contributed by atoms with van der Waals surface area (Å²) in [6, 6.07) is 6.67. The average Bonchev–Trinajstić information content (AvgIpc) is 2.77. The second-order valence-electron chi connectivity index (χ2n) is 8.29. The van der Waals surface area contributed by atoms with Gasteiger partial charge in [0.05, 0.1) is 13.2 Å². The number of halogens is 1. The van der Waals surface area contributed by atoms with E-state index < -0.39 is 0 Å². The molecule has 126 valence electrons. The Hall–Kier alpha value is -0.540. The van der Waals surface area contributed by atoms with Crippen LogP contribution < -0.4 is 4.74 Å². The van der Waals surface area contributed by atoms with E-state index in [1.807, 2.05) is 0 Å². The minimum atomic E-state index is -0.187. The molecule has 3 aliphatic carbocycles. The third kappa shape index (κ3) is 2.22. The molecule has 4 rings (SSSR count). The first kappa shape index (κ1) is 16.0. The summed E-state index contributed by atoms with van der Waals surface area (Å²) in [5, 5.41) is 10.5. The van der Waals surface area contributed by atoms with E-state index in [1.165, 1.54) is 18.4 Å². The predicted molar refractivity (Wildman–Crippen MR) is 96.3 cm³/mol. The summed E-state index contributed by atoms with van der Waals surface area (Å²) in [4.78, 5) is 0.255. The van der Waals surface area contributed by atoms with Gasteiger partial charge in [-0.15, -0.1) is 0 Å². The molecule has 1 aromatic rings. The largest absolute Gasteiger partial charge is 0.497 e. The number of benzene rings is 1. The van der Waals surface area contributed by atoms with Crippen molar-refractivity contribution >= 4 is 15.9 Å². The molecule has 2 nitrogen and oxygen atoms in total. The number of rotatable bonds is 1. The van der Waals surface area contributed by atoms with Crippen LogP contribution in [-0.4, -0.2) is 23.1 Å². The fourth-order valence-electron chi connectivity index (χ4n) is 6.04. The summed E-state index contributed by atoms with van der Waals surface area (Å²) in [6.45, 7) is 4.82.